The molecule has 0 aliphatic heterocycles. The number of carbonyl (C=O) groups excluding carboxylic acids is 2. The highest BCUT2D eigenvalue weighted by molar-refractivity contribution is 6.61. The molecule has 4 rings (SSSR count). The summed E-state index contributed by atoms with van der Waals surface area (Å²) < 4.78 is 14.5. The number of aliphatic hydroxyl groups excluding tert-OH is 1. The van der Waals surface area contributed by atoms with E-state index >= 15 is 0 Å². The predicted molar refractivity (Wildman–Crippen MR) is 132 cm³/mol. The van der Waals surface area contributed by atoms with Crippen molar-refractivity contribution in [3.63, 3.8) is 0 Å². The van der Waals surface area contributed by atoms with E-state index in [1.54, 1.807) is 0 Å². The number of non-ortho nitro benzene ring substituents is 2. The minimum Gasteiger partial charge on any atom is -0.431 e. The molecule has 2 fully saturated rings. The molecule has 0 aromatic heterocycles. The Hall–Kier alpha value is -3.77. The quantitative estimate of drug-likeness (QED) is 0.150. The van der Waals surface area contributed by atoms with Gasteiger partial charge in [-0.05, 0) is 62.8 Å². The van der Waals surface area contributed by atoms with Crippen molar-refractivity contribution >= 4 is 34.6 Å². The zero-order valence-corrected chi connectivity index (χ0v) is 20.6. The van der Waals surface area contributed by atoms with Crippen LogP contribution in [-0.2, 0) is 4.74 Å². The van der Waals surface area contributed by atoms with E-state index in [-0.39, 0.29) is 35.1 Å². The van der Waals surface area contributed by atoms with Crippen LogP contribution in [0.4, 0.5) is 21.0 Å². The van der Waals surface area contributed by atoms with Crippen molar-refractivity contribution in [3.8, 4) is 11.5 Å². The van der Waals surface area contributed by atoms with Crippen LogP contribution in [0.25, 0.3) is 0 Å². The van der Waals surface area contributed by atoms with Gasteiger partial charge in [0.05, 0.1) is 16.0 Å². The van der Waals surface area contributed by atoms with E-state index in [9.17, 15) is 29.8 Å². The lowest BCUT2D eigenvalue weighted by molar-refractivity contribution is -0.385. The first-order chi connectivity index (χ1) is 17.6. The molecule has 0 atom stereocenters. The molecule has 2 aliphatic carbocycles. The maximum atomic E-state index is 11.4. The predicted octanol–water partition coefficient (Wildman–Crippen LogP) is 6.31. The second kappa shape index (κ2) is 15.4. The zero-order chi connectivity index (χ0) is 27.2. The van der Waals surface area contributed by atoms with Gasteiger partial charge < -0.3 is 19.3 Å². The number of benzene rings is 2. The molecule has 1 N–H and O–H groups in total. The number of halogens is 1. The summed E-state index contributed by atoms with van der Waals surface area (Å²) in [5.41, 5.74) is -1.10. The molecule has 0 heterocycles. The molecular weight excluding hydrogens is 512 g/mol. The van der Waals surface area contributed by atoms with Gasteiger partial charge in [0.1, 0.15) is 17.6 Å². The molecular formula is C24H27ClN2O10. The van der Waals surface area contributed by atoms with E-state index in [4.69, 9.17) is 26.2 Å². The average Bonchev–Trinajstić information content (AvgIpc) is 3.54. The van der Waals surface area contributed by atoms with Crippen molar-refractivity contribution in [3.05, 3.63) is 68.8 Å². The van der Waals surface area contributed by atoms with Gasteiger partial charge in [-0.2, -0.15) is 0 Å². The molecule has 200 valence electrons. The minimum atomic E-state index is -0.978. The fraction of sp³-hybridized carbons (Fsp3) is 0.417. The number of carbonyl (C=O) groups is 2. The SMILES string of the molecule is O=C(Cl)Oc1ccc([N+](=O)[O-])cc1.O=C(Oc1ccc([N+](=O)[O-])cc1)OC1CCCC1.OC1CCCC1. The van der Waals surface area contributed by atoms with Crippen LogP contribution in [0.3, 0.4) is 0 Å². The van der Waals surface area contributed by atoms with Crippen LogP contribution in [0.5, 0.6) is 11.5 Å². The number of nitro groups is 2. The summed E-state index contributed by atoms with van der Waals surface area (Å²) in [5.74, 6) is 0.411. The highest BCUT2D eigenvalue weighted by atomic mass is 35.5. The molecule has 2 aromatic rings. The van der Waals surface area contributed by atoms with Crippen molar-refractivity contribution in [1.29, 1.82) is 0 Å². The van der Waals surface area contributed by atoms with Crippen molar-refractivity contribution in [2.45, 2.75) is 63.6 Å². The van der Waals surface area contributed by atoms with E-state index in [1.807, 2.05) is 0 Å². The molecule has 0 radical (unpaired) electrons. The molecule has 0 saturated heterocycles. The molecule has 0 spiro atoms. The van der Waals surface area contributed by atoms with E-state index < -0.39 is 21.4 Å². The lowest BCUT2D eigenvalue weighted by atomic mass is 10.3. The summed E-state index contributed by atoms with van der Waals surface area (Å²) >= 11 is 4.92. The third-order valence-electron chi connectivity index (χ3n) is 5.38. The Kier molecular flexibility index (Phi) is 12.2. The third kappa shape index (κ3) is 11.7. The van der Waals surface area contributed by atoms with Crippen LogP contribution >= 0.6 is 11.6 Å². The Morgan fingerprint density at radius 3 is 1.51 bits per heavy atom. The molecule has 2 saturated carbocycles. The number of nitro benzene ring substituents is 2. The van der Waals surface area contributed by atoms with Gasteiger partial charge in [-0.1, -0.05) is 12.8 Å². The monoisotopic (exact) mass is 538 g/mol. The van der Waals surface area contributed by atoms with Crippen LogP contribution in [0.1, 0.15) is 51.4 Å². The highest BCUT2D eigenvalue weighted by Gasteiger charge is 2.20. The van der Waals surface area contributed by atoms with E-state index in [2.05, 4.69) is 4.74 Å². The first-order valence-corrected chi connectivity index (χ1v) is 11.9. The molecule has 0 unspecified atom stereocenters. The van der Waals surface area contributed by atoms with Gasteiger partial charge in [-0.25, -0.2) is 9.59 Å². The smallest absolute Gasteiger partial charge is 0.431 e. The van der Waals surface area contributed by atoms with Gasteiger partial charge in [-0.15, -0.1) is 0 Å². The summed E-state index contributed by atoms with van der Waals surface area (Å²) in [6.45, 7) is 0. The zero-order valence-electron chi connectivity index (χ0n) is 19.8. The highest BCUT2D eigenvalue weighted by Crippen LogP contribution is 2.23. The standard InChI is InChI=1S/C12H13NO5.C7H4ClNO4.C5H10O/c14-12(17-10-3-1-2-4-10)18-11-7-5-9(6-8-11)13(15)16;8-7(10)13-6-3-1-5(2-4-6)9(11)12;6-5-3-1-2-4-5/h5-8,10H,1-4H2;1-4H;5-6H,1-4H2. The molecule has 0 amide bonds. The molecule has 0 bridgehead atoms. The van der Waals surface area contributed by atoms with Crippen LogP contribution in [0.15, 0.2) is 48.5 Å². The Morgan fingerprint density at radius 1 is 0.757 bits per heavy atom. The summed E-state index contributed by atoms with van der Waals surface area (Å²) in [6, 6.07) is 10.3. The Balaban J connectivity index is 0.000000220. The van der Waals surface area contributed by atoms with Gasteiger partial charge in [0.2, 0.25) is 0 Å². The van der Waals surface area contributed by atoms with Gasteiger partial charge in [0, 0.05) is 35.9 Å². The van der Waals surface area contributed by atoms with Gasteiger partial charge in [0.15, 0.2) is 0 Å². The van der Waals surface area contributed by atoms with Crippen LogP contribution in [0, 0.1) is 20.2 Å². The number of hydrogen-bond donors (Lipinski definition) is 1. The van der Waals surface area contributed by atoms with Gasteiger partial charge in [-0.3, -0.25) is 20.2 Å². The van der Waals surface area contributed by atoms with E-state index in [1.165, 1.54) is 61.4 Å². The van der Waals surface area contributed by atoms with Crippen LogP contribution < -0.4 is 9.47 Å². The molecule has 2 aliphatic rings. The minimum absolute atomic E-state index is 0.0463. The Labute approximate surface area is 217 Å². The Bertz CT molecular complexity index is 1030. The number of hydrogen-bond acceptors (Lipinski definition) is 10. The molecule has 12 nitrogen and oxygen atoms in total. The number of ether oxygens (including phenoxy) is 3. The lowest BCUT2D eigenvalue weighted by Gasteiger charge is -2.10. The fourth-order valence-electron chi connectivity index (χ4n) is 3.53. The summed E-state index contributed by atoms with van der Waals surface area (Å²) in [4.78, 5) is 41.2. The first kappa shape index (κ1) is 29.5. The van der Waals surface area contributed by atoms with Crippen molar-refractivity contribution in [2.24, 2.45) is 0 Å². The molecule has 37 heavy (non-hydrogen) atoms. The largest absolute Gasteiger partial charge is 0.514 e. The normalized spacial score (nSPS) is 14.9. The number of rotatable bonds is 5. The average molecular weight is 539 g/mol. The summed E-state index contributed by atoms with van der Waals surface area (Å²) in [5, 5.41) is 29.4. The molecule has 2 aromatic carbocycles. The maximum Gasteiger partial charge on any atom is 0.514 e. The van der Waals surface area contributed by atoms with E-state index in [0.717, 1.165) is 38.5 Å². The number of aliphatic hydroxyl groups is 1. The first-order valence-electron chi connectivity index (χ1n) is 11.6. The van der Waals surface area contributed by atoms with Crippen LogP contribution in [0.2, 0.25) is 0 Å². The van der Waals surface area contributed by atoms with Gasteiger partial charge in [0.25, 0.3) is 11.4 Å². The second-order valence-corrected chi connectivity index (χ2v) is 8.46. The van der Waals surface area contributed by atoms with Crippen molar-refractivity contribution < 1.29 is 38.8 Å². The summed E-state index contributed by atoms with van der Waals surface area (Å²) in [6.07, 6.45) is 7.66. The maximum absolute atomic E-state index is 11.4. The third-order valence-corrected chi connectivity index (χ3v) is 5.46. The van der Waals surface area contributed by atoms with Crippen molar-refractivity contribution in [2.75, 3.05) is 0 Å². The fourth-order valence-corrected chi connectivity index (χ4v) is 3.62. The number of nitrogens with zero attached hydrogens (tertiary/aromatic N) is 2. The second-order valence-electron chi connectivity index (χ2n) is 8.16. The lowest BCUT2D eigenvalue weighted by Crippen LogP contribution is -2.18. The Morgan fingerprint density at radius 2 is 1.16 bits per heavy atom. The topological polar surface area (TPSA) is 168 Å². The van der Waals surface area contributed by atoms with Crippen LogP contribution in [-0.4, -0.2) is 38.7 Å². The van der Waals surface area contributed by atoms with Crippen molar-refractivity contribution in [1.82, 2.24) is 0 Å². The molecule has 13 heteroatoms. The van der Waals surface area contributed by atoms with Gasteiger partial charge >= 0.3 is 11.6 Å². The van der Waals surface area contributed by atoms with E-state index in [0.29, 0.717) is 0 Å². The summed E-state index contributed by atoms with van der Waals surface area (Å²) in [7, 11) is 0.